The monoisotopic (exact) mass is 396 g/mol. The summed E-state index contributed by atoms with van der Waals surface area (Å²) < 4.78 is 12.4. The van der Waals surface area contributed by atoms with Gasteiger partial charge in [-0.2, -0.15) is 0 Å². The van der Waals surface area contributed by atoms with Crippen molar-refractivity contribution in [1.29, 1.82) is 0 Å². The quantitative estimate of drug-likeness (QED) is 0.633. The third kappa shape index (κ3) is 3.03. The predicted octanol–water partition coefficient (Wildman–Crippen LogP) is 5.34. The second kappa shape index (κ2) is 6.72. The van der Waals surface area contributed by atoms with Crippen LogP contribution in [0.1, 0.15) is 71.6 Å². The first-order chi connectivity index (χ1) is 13.6. The molecule has 4 atom stereocenters. The van der Waals surface area contributed by atoms with Crippen LogP contribution in [-0.4, -0.2) is 11.4 Å². The number of ether oxygens (including phenoxy) is 1. The Morgan fingerprint density at radius 3 is 2.55 bits per heavy atom. The molecule has 0 amide bonds. The molecule has 0 aromatic carbocycles. The molecule has 0 radical (unpaired) electrons. The van der Waals surface area contributed by atoms with Crippen molar-refractivity contribution in [3.8, 4) is 5.95 Å². The molecular formula is C25H32O4. The van der Waals surface area contributed by atoms with E-state index in [0.29, 0.717) is 41.8 Å². The van der Waals surface area contributed by atoms with E-state index >= 15 is 0 Å². The largest absolute Gasteiger partial charge is 0.458 e. The van der Waals surface area contributed by atoms with E-state index in [1.165, 1.54) is 0 Å². The smallest absolute Gasteiger partial charge is 0.292 e. The van der Waals surface area contributed by atoms with Gasteiger partial charge in [-0.05, 0) is 56.9 Å². The first kappa shape index (κ1) is 20.2. The van der Waals surface area contributed by atoms with Crippen molar-refractivity contribution in [3.63, 3.8) is 0 Å². The topological polar surface area (TPSA) is 56.5 Å². The molecule has 4 nitrogen and oxygen atoms in total. The standard InChI is InChI=1S/C25H32O4/c1-6-7-8-9-16-14-18(26)17-15-20-24(4)12-11-21(27)23(2,3)19(24)10-13-25(20,5)29-22(17)28-16/h6-9,14,19-20H,10-13,15H2,1-5H3/b7-6+,9-8+/t19-,20+,24-,25+/m0/s1. The summed E-state index contributed by atoms with van der Waals surface area (Å²) in [5.41, 5.74) is -0.103. The molecule has 2 fully saturated rings. The zero-order valence-corrected chi connectivity index (χ0v) is 18.2. The van der Waals surface area contributed by atoms with Gasteiger partial charge in [-0.15, -0.1) is 0 Å². The first-order valence-corrected chi connectivity index (χ1v) is 10.8. The van der Waals surface area contributed by atoms with E-state index in [0.717, 1.165) is 19.3 Å². The van der Waals surface area contributed by atoms with E-state index in [1.807, 2.05) is 25.2 Å². The summed E-state index contributed by atoms with van der Waals surface area (Å²) in [5.74, 6) is 1.77. The molecule has 0 N–H and O–H groups in total. The fourth-order valence-corrected chi connectivity index (χ4v) is 6.42. The van der Waals surface area contributed by atoms with Crippen molar-refractivity contribution in [3.05, 3.63) is 45.8 Å². The number of Topliss-reactive ketones (excluding diaryl/α,β-unsaturated/α-hetero) is 1. The molecule has 156 valence electrons. The maximum atomic E-state index is 12.9. The Hall–Kier alpha value is -2.10. The minimum Gasteiger partial charge on any atom is -0.458 e. The maximum absolute atomic E-state index is 12.9. The number of hydrogen-bond donors (Lipinski definition) is 0. The van der Waals surface area contributed by atoms with Crippen molar-refractivity contribution in [2.24, 2.45) is 22.7 Å². The number of carbonyl (C=O) groups excluding carboxylic acids is 1. The maximum Gasteiger partial charge on any atom is 0.292 e. The summed E-state index contributed by atoms with van der Waals surface area (Å²) in [6, 6.07) is 1.56. The average molecular weight is 397 g/mol. The van der Waals surface area contributed by atoms with Gasteiger partial charge in [-0.1, -0.05) is 39.0 Å². The van der Waals surface area contributed by atoms with E-state index in [9.17, 15) is 9.59 Å². The van der Waals surface area contributed by atoms with Crippen LogP contribution >= 0.6 is 0 Å². The summed E-state index contributed by atoms with van der Waals surface area (Å²) in [4.78, 5) is 25.5. The van der Waals surface area contributed by atoms with Crippen LogP contribution in [0.2, 0.25) is 0 Å². The van der Waals surface area contributed by atoms with Gasteiger partial charge in [0.1, 0.15) is 17.1 Å². The zero-order chi connectivity index (χ0) is 21.0. The third-order valence-corrected chi connectivity index (χ3v) is 8.07. The van der Waals surface area contributed by atoms with E-state index in [2.05, 4.69) is 27.7 Å². The van der Waals surface area contributed by atoms with E-state index in [1.54, 1.807) is 12.1 Å². The van der Waals surface area contributed by atoms with E-state index in [-0.39, 0.29) is 27.8 Å². The van der Waals surface area contributed by atoms with Crippen molar-refractivity contribution in [1.82, 2.24) is 0 Å². The molecule has 2 aliphatic carbocycles. The molecule has 0 bridgehead atoms. The van der Waals surface area contributed by atoms with E-state index < -0.39 is 0 Å². The highest BCUT2D eigenvalue weighted by Gasteiger charge is 2.62. The molecule has 2 saturated carbocycles. The summed E-state index contributed by atoms with van der Waals surface area (Å²) >= 11 is 0. The van der Waals surface area contributed by atoms with Gasteiger partial charge in [-0.3, -0.25) is 9.59 Å². The molecule has 1 aromatic heterocycles. The lowest BCUT2D eigenvalue weighted by Gasteiger charge is -2.62. The van der Waals surface area contributed by atoms with E-state index in [4.69, 9.17) is 9.15 Å². The SMILES string of the molecule is C/C=C/C=C/c1cc(=O)c2c(o1)O[C@]1(C)CC[C@H]3C(C)(C)C(=O)CC[C@]3(C)[C@H]1C2. The van der Waals surface area contributed by atoms with Crippen LogP contribution in [-0.2, 0) is 11.2 Å². The zero-order valence-electron chi connectivity index (χ0n) is 18.2. The van der Waals surface area contributed by atoms with Crippen LogP contribution in [0.15, 0.2) is 33.5 Å². The Bertz CT molecular complexity index is 950. The van der Waals surface area contributed by atoms with Gasteiger partial charge in [0.15, 0.2) is 5.43 Å². The van der Waals surface area contributed by atoms with Crippen LogP contribution in [0, 0.1) is 22.7 Å². The van der Waals surface area contributed by atoms with Crippen LogP contribution in [0.25, 0.3) is 6.08 Å². The molecule has 4 heteroatoms. The lowest BCUT2D eigenvalue weighted by atomic mass is 9.44. The Labute approximate surface area is 173 Å². The fourth-order valence-electron chi connectivity index (χ4n) is 6.42. The molecule has 3 aliphatic rings. The summed E-state index contributed by atoms with van der Waals surface area (Å²) in [5, 5.41) is 0. The Morgan fingerprint density at radius 2 is 1.83 bits per heavy atom. The molecule has 0 spiro atoms. The van der Waals surface area contributed by atoms with Gasteiger partial charge < -0.3 is 9.15 Å². The second-order valence-electron chi connectivity index (χ2n) is 10.1. The number of ketones is 1. The summed E-state index contributed by atoms with van der Waals surface area (Å²) in [7, 11) is 0. The molecule has 2 heterocycles. The highest BCUT2D eigenvalue weighted by molar-refractivity contribution is 5.85. The predicted molar refractivity (Wildman–Crippen MR) is 114 cm³/mol. The van der Waals surface area contributed by atoms with Crippen LogP contribution in [0.4, 0.5) is 0 Å². The number of hydrogen-bond acceptors (Lipinski definition) is 4. The molecular weight excluding hydrogens is 364 g/mol. The Balaban J connectivity index is 1.74. The summed E-state index contributed by atoms with van der Waals surface area (Å²) in [6.07, 6.45) is 11.4. The fraction of sp³-hybridized carbons (Fsp3) is 0.600. The van der Waals surface area contributed by atoms with Gasteiger partial charge in [0.25, 0.3) is 5.95 Å². The lowest BCUT2D eigenvalue weighted by molar-refractivity contribution is -0.177. The molecule has 1 aromatic rings. The van der Waals surface area contributed by atoms with Gasteiger partial charge in [-0.25, -0.2) is 0 Å². The first-order valence-electron chi connectivity index (χ1n) is 10.8. The van der Waals surface area contributed by atoms with Gasteiger partial charge >= 0.3 is 0 Å². The Morgan fingerprint density at radius 1 is 1.07 bits per heavy atom. The van der Waals surface area contributed by atoms with Crippen LogP contribution in [0.5, 0.6) is 5.95 Å². The van der Waals surface area contributed by atoms with Crippen molar-refractivity contribution >= 4 is 11.9 Å². The second-order valence-corrected chi connectivity index (χ2v) is 10.1. The highest BCUT2D eigenvalue weighted by Crippen LogP contribution is 2.63. The van der Waals surface area contributed by atoms with Crippen LogP contribution in [0.3, 0.4) is 0 Å². The lowest BCUT2D eigenvalue weighted by Crippen LogP contribution is -2.63. The number of fused-ring (bicyclic) bond motifs is 4. The number of carbonyl (C=O) groups is 1. The minimum absolute atomic E-state index is 0.0229. The summed E-state index contributed by atoms with van der Waals surface area (Å²) in [6.45, 7) is 10.6. The molecule has 29 heavy (non-hydrogen) atoms. The Kier molecular flexibility index (Phi) is 4.67. The minimum atomic E-state index is -0.379. The average Bonchev–Trinajstić information content (AvgIpc) is 2.64. The highest BCUT2D eigenvalue weighted by atomic mass is 16.6. The van der Waals surface area contributed by atoms with Crippen molar-refractivity contribution in [2.45, 2.75) is 72.3 Å². The van der Waals surface area contributed by atoms with Crippen molar-refractivity contribution < 1.29 is 13.9 Å². The van der Waals surface area contributed by atoms with Gasteiger partial charge in [0.2, 0.25) is 0 Å². The van der Waals surface area contributed by atoms with Crippen LogP contribution < -0.4 is 10.2 Å². The van der Waals surface area contributed by atoms with Gasteiger partial charge in [0, 0.05) is 23.8 Å². The molecule has 4 rings (SSSR count). The van der Waals surface area contributed by atoms with Gasteiger partial charge in [0.05, 0.1) is 5.56 Å². The normalized spacial score (nSPS) is 35.8. The molecule has 1 aliphatic heterocycles. The molecule has 0 saturated heterocycles. The third-order valence-electron chi connectivity index (χ3n) is 8.07. The number of allylic oxidation sites excluding steroid dienone is 3. The van der Waals surface area contributed by atoms with Crippen molar-refractivity contribution in [2.75, 3.05) is 0 Å². The molecule has 0 unspecified atom stereocenters. The number of rotatable bonds is 2.